The van der Waals surface area contributed by atoms with Gasteiger partial charge in [-0.2, -0.15) is 0 Å². The summed E-state index contributed by atoms with van der Waals surface area (Å²) >= 11 is 3.19. The SMILES string of the molecule is CC(C)OC(=O)Nc1ccc(-c2ncc(-c3ccc(CNC(=O)Cc4ccccc4)cc3SNC(C)(C)C)s2)cc1. The van der Waals surface area contributed by atoms with Gasteiger partial charge in [-0.15, -0.1) is 11.3 Å². The van der Waals surface area contributed by atoms with Crippen LogP contribution in [0.3, 0.4) is 0 Å². The van der Waals surface area contributed by atoms with Crippen molar-refractivity contribution in [2.24, 2.45) is 0 Å². The van der Waals surface area contributed by atoms with Crippen molar-refractivity contribution >= 4 is 41.0 Å². The van der Waals surface area contributed by atoms with E-state index >= 15 is 0 Å². The molecule has 0 atom stereocenters. The molecule has 0 saturated carbocycles. The van der Waals surface area contributed by atoms with E-state index in [1.165, 1.54) is 0 Å². The molecule has 0 saturated heterocycles. The number of carbonyl (C=O) groups is 2. The Morgan fingerprint density at radius 1 is 0.976 bits per heavy atom. The van der Waals surface area contributed by atoms with E-state index in [0.29, 0.717) is 18.7 Å². The lowest BCUT2D eigenvalue weighted by Crippen LogP contribution is -2.29. The second-order valence-electron chi connectivity index (χ2n) is 10.9. The molecule has 0 aliphatic heterocycles. The topological polar surface area (TPSA) is 92.3 Å². The van der Waals surface area contributed by atoms with Gasteiger partial charge in [0, 0.05) is 40.0 Å². The average molecular weight is 589 g/mol. The minimum absolute atomic E-state index is 0.00701. The first-order valence-electron chi connectivity index (χ1n) is 13.5. The maximum Gasteiger partial charge on any atom is 0.411 e. The van der Waals surface area contributed by atoms with Crippen molar-refractivity contribution in [2.75, 3.05) is 5.32 Å². The van der Waals surface area contributed by atoms with Crippen LogP contribution in [0.5, 0.6) is 0 Å². The number of thiazole rings is 1. The number of rotatable bonds is 10. The zero-order valence-corrected chi connectivity index (χ0v) is 25.6. The van der Waals surface area contributed by atoms with E-state index in [9.17, 15) is 9.59 Å². The zero-order chi connectivity index (χ0) is 29.4. The van der Waals surface area contributed by atoms with Gasteiger partial charge in [0.1, 0.15) is 5.01 Å². The molecule has 2 amide bonds. The van der Waals surface area contributed by atoms with Gasteiger partial charge in [0.15, 0.2) is 0 Å². The molecule has 9 heteroatoms. The molecule has 7 nitrogen and oxygen atoms in total. The van der Waals surface area contributed by atoms with Gasteiger partial charge in [-0.1, -0.05) is 42.5 Å². The van der Waals surface area contributed by atoms with Crippen LogP contribution >= 0.6 is 23.3 Å². The number of hydrogen-bond donors (Lipinski definition) is 3. The van der Waals surface area contributed by atoms with Gasteiger partial charge in [-0.3, -0.25) is 14.8 Å². The summed E-state index contributed by atoms with van der Waals surface area (Å²) in [6.07, 6.45) is 1.59. The van der Waals surface area contributed by atoms with Gasteiger partial charge in [-0.25, -0.2) is 9.78 Å². The highest BCUT2D eigenvalue weighted by Gasteiger charge is 2.16. The first kappa shape index (κ1) is 30.3. The van der Waals surface area contributed by atoms with E-state index in [0.717, 1.165) is 37.0 Å². The first-order chi connectivity index (χ1) is 19.6. The Kier molecular flexibility index (Phi) is 10.2. The summed E-state index contributed by atoms with van der Waals surface area (Å²) in [5, 5.41) is 6.66. The number of hydrogen-bond acceptors (Lipinski definition) is 7. The van der Waals surface area contributed by atoms with Crippen LogP contribution in [0, 0.1) is 0 Å². The molecule has 4 rings (SSSR count). The summed E-state index contributed by atoms with van der Waals surface area (Å²) in [7, 11) is 0. The fourth-order valence-electron chi connectivity index (χ4n) is 3.81. The van der Waals surface area contributed by atoms with Crippen LogP contribution in [0.4, 0.5) is 10.5 Å². The van der Waals surface area contributed by atoms with Gasteiger partial charge in [0.2, 0.25) is 5.91 Å². The highest BCUT2D eigenvalue weighted by atomic mass is 32.2. The van der Waals surface area contributed by atoms with Crippen molar-refractivity contribution < 1.29 is 14.3 Å². The number of nitrogens with one attached hydrogen (secondary N) is 3. The predicted molar refractivity (Wildman–Crippen MR) is 169 cm³/mol. The molecule has 1 heterocycles. The third-order valence-corrected chi connectivity index (χ3v) is 8.05. The lowest BCUT2D eigenvalue weighted by Gasteiger charge is -2.21. The van der Waals surface area contributed by atoms with Crippen LogP contribution in [-0.4, -0.2) is 28.6 Å². The Morgan fingerprint density at radius 2 is 1.71 bits per heavy atom. The number of carbonyl (C=O) groups excluding carboxylic acids is 2. The summed E-state index contributed by atoms with van der Waals surface area (Å²) in [6.45, 7) is 10.4. The molecule has 3 N–H and O–H groups in total. The molecular formula is C32H36N4O3S2. The standard InChI is InChI=1S/C32H36N4O3S2/c1-21(2)39-31(38)35-25-14-12-24(13-15-25)30-34-20-28(40-30)26-16-11-23(17-27(26)41-36-32(3,4)5)19-33-29(37)18-22-9-7-6-8-10-22/h6-17,20-21,36H,18-19H2,1-5H3,(H,33,37)(H,35,38). The molecule has 1 aromatic heterocycles. The molecule has 0 spiro atoms. The molecule has 41 heavy (non-hydrogen) atoms. The average Bonchev–Trinajstić information content (AvgIpc) is 3.41. The normalized spacial score (nSPS) is 11.4. The summed E-state index contributed by atoms with van der Waals surface area (Å²) in [5.74, 6) is -0.00701. The first-order valence-corrected chi connectivity index (χ1v) is 15.1. The number of amides is 2. The summed E-state index contributed by atoms with van der Waals surface area (Å²) < 4.78 is 8.66. The van der Waals surface area contributed by atoms with Crippen LogP contribution in [0.1, 0.15) is 45.7 Å². The number of ether oxygens (including phenoxy) is 1. The highest BCUT2D eigenvalue weighted by molar-refractivity contribution is 7.97. The maximum atomic E-state index is 12.5. The smallest absolute Gasteiger partial charge is 0.411 e. The van der Waals surface area contributed by atoms with Gasteiger partial charge < -0.3 is 10.1 Å². The maximum absolute atomic E-state index is 12.5. The Balaban J connectivity index is 1.48. The number of anilines is 1. The summed E-state index contributed by atoms with van der Waals surface area (Å²) in [6, 6.07) is 23.6. The Bertz CT molecular complexity index is 1460. The van der Waals surface area contributed by atoms with Crippen molar-refractivity contribution in [3.05, 3.63) is 90.1 Å². The molecule has 4 aromatic rings. The van der Waals surface area contributed by atoms with Crippen molar-refractivity contribution in [1.82, 2.24) is 15.0 Å². The van der Waals surface area contributed by atoms with Gasteiger partial charge in [-0.05, 0) is 88.0 Å². The van der Waals surface area contributed by atoms with Crippen LogP contribution in [0.15, 0.2) is 83.9 Å². The van der Waals surface area contributed by atoms with E-state index in [2.05, 4.69) is 59.3 Å². The third-order valence-electron chi connectivity index (χ3n) is 5.70. The lowest BCUT2D eigenvalue weighted by molar-refractivity contribution is -0.120. The fourth-order valence-corrected chi connectivity index (χ4v) is 5.75. The van der Waals surface area contributed by atoms with E-state index < -0.39 is 6.09 Å². The molecule has 0 radical (unpaired) electrons. The highest BCUT2D eigenvalue weighted by Crippen LogP contribution is 2.38. The summed E-state index contributed by atoms with van der Waals surface area (Å²) in [5.41, 5.74) is 4.63. The largest absolute Gasteiger partial charge is 0.447 e. The molecule has 3 aromatic carbocycles. The van der Waals surface area contributed by atoms with Crippen molar-refractivity contribution in [3.63, 3.8) is 0 Å². The molecule has 214 valence electrons. The molecule has 0 bridgehead atoms. The number of benzene rings is 3. The van der Waals surface area contributed by atoms with Crippen molar-refractivity contribution in [3.8, 4) is 21.0 Å². The minimum atomic E-state index is -0.475. The van der Waals surface area contributed by atoms with Gasteiger partial charge in [0.05, 0.1) is 17.4 Å². The molecule has 0 fully saturated rings. The molecular weight excluding hydrogens is 553 g/mol. The number of nitrogens with zero attached hydrogens (tertiary/aromatic N) is 1. The van der Waals surface area contributed by atoms with E-state index in [1.807, 2.05) is 74.6 Å². The fraction of sp³-hybridized carbons (Fsp3) is 0.281. The van der Waals surface area contributed by atoms with Crippen molar-refractivity contribution in [2.45, 2.75) is 64.1 Å². The minimum Gasteiger partial charge on any atom is -0.447 e. The Labute approximate surface area is 250 Å². The van der Waals surface area contributed by atoms with Crippen LogP contribution in [0.25, 0.3) is 21.0 Å². The second kappa shape index (κ2) is 13.8. The van der Waals surface area contributed by atoms with Crippen molar-refractivity contribution in [1.29, 1.82) is 0 Å². The predicted octanol–water partition coefficient (Wildman–Crippen LogP) is 7.69. The molecule has 0 unspecified atom stereocenters. The van der Waals surface area contributed by atoms with Gasteiger partial charge >= 0.3 is 6.09 Å². The van der Waals surface area contributed by atoms with Crippen LogP contribution < -0.4 is 15.4 Å². The van der Waals surface area contributed by atoms with Crippen LogP contribution in [0.2, 0.25) is 0 Å². The monoisotopic (exact) mass is 588 g/mol. The Morgan fingerprint density at radius 3 is 2.39 bits per heavy atom. The van der Waals surface area contributed by atoms with Gasteiger partial charge in [0.25, 0.3) is 0 Å². The van der Waals surface area contributed by atoms with E-state index in [4.69, 9.17) is 4.74 Å². The molecule has 0 aliphatic rings. The lowest BCUT2D eigenvalue weighted by atomic mass is 10.1. The van der Waals surface area contributed by atoms with E-state index in [-0.39, 0.29) is 17.6 Å². The third kappa shape index (κ3) is 9.45. The quantitative estimate of drug-likeness (QED) is 0.165. The second-order valence-corrected chi connectivity index (χ2v) is 12.8. The Hall–Kier alpha value is -3.66. The zero-order valence-electron chi connectivity index (χ0n) is 24.0. The number of aromatic nitrogens is 1. The molecule has 0 aliphatic carbocycles. The van der Waals surface area contributed by atoms with Crippen LogP contribution in [-0.2, 0) is 22.5 Å². The summed E-state index contributed by atoms with van der Waals surface area (Å²) in [4.78, 5) is 31.2. The van der Waals surface area contributed by atoms with E-state index in [1.54, 1.807) is 23.3 Å².